The summed E-state index contributed by atoms with van der Waals surface area (Å²) in [5.41, 5.74) is 8.38. The molecule has 0 radical (unpaired) electrons. The molecule has 3 heterocycles. The summed E-state index contributed by atoms with van der Waals surface area (Å²) in [6, 6.07) is 5.90. The van der Waals surface area contributed by atoms with Gasteiger partial charge in [0.1, 0.15) is 5.82 Å². The molecule has 7 nitrogen and oxygen atoms in total. The van der Waals surface area contributed by atoms with Crippen molar-refractivity contribution in [3.63, 3.8) is 0 Å². The number of carbonyl (C=O) groups excluding carboxylic acids is 1. The molecule has 1 unspecified atom stereocenters. The van der Waals surface area contributed by atoms with Crippen LogP contribution in [0.4, 0.5) is 5.82 Å². The molecular formula is C13H14N6OS. The smallest absolute Gasteiger partial charge is 0.228 e. The number of hydrogen-bond acceptors (Lipinski definition) is 4. The average Bonchev–Trinajstić information content (AvgIpc) is 3.18. The van der Waals surface area contributed by atoms with Crippen LogP contribution < -0.4 is 4.90 Å². The predicted molar refractivity (Wildman–Crippen MR) is 80.1 cm³/mol. The molecule has 21 heavy (non-hydrogen) atoms. The van der Waals surface area contributed by atoms with Gasteiger partial charge in [0, 0.05) is 35.4 Å². The van der Waals surface area contributed by atoms with Gasteiger partial charge in [-0.25, -0.2) is 4.68 Å². The molecule has 0 bridgehead atoms. The lowest BCUT2D eigenvalue weighted by Crippen LogP contribution is -2.27. The number of hydrogen-bond donors (Lipinski definition) is 0. The molecule has 1 fully saturated rings. The Balaban J connectivity index is 1.76. The zero-order valence-corrected chi connectivity index (χ0v) is 12.1. The Morgan fingerprint density at radius 2 is 2.43 bits per heavy atom. The lowest BCUT2D eigenvalue weighted by Gasteiger charge is -2.17. The highest BCUT2D eigenvalue weighted by atomic mass is 32.1. The van der Waals surface area contributed by atoms with Gasteiger partial charge in [-0.3, -0.25) is 9.69 Å². The zero-order valence-electron chi connectivity index (χ0n) is 11.3. The number of anilines is 1. The van der Waals surface area contributed by atoms with Gasteiger partial charge in [0.2, 0.25) is 5.91 Å². The molecule has 0 spiro atoms. The van der Waals surface area contributed by atoms with E-state index in [0.717, 1.165) is 5.82 Å². The Kier molecular flexibility index (Phi) is 3.89. The summed E-state index contributed by atoms with van der Waals surface area (Å²) in [7, 11) is 0. The van der Waals surface area contributed by atoms with Crippen molar-refractivity contribution in [1.29, 1.82) is 0 Å². The van der Waals surface area contributed by atoms with Gasteiger partial charge in [0.05, 0.1) is 12.7 Å². The molecule has 1 amide bonds. The summed E-state index contributed by atoms with van der Waals surface area (Å²) < 4.78 is 1.83. The first-order valence-corrected chi connectivity index (χ1v) is 7.51. The van der Waals surface area contributed by atoms with Crippen molar-refractivity contribution in [1.82, 2.24) is 9.78 Å². The number of rotatable bonds is 5. The molecule has 108 valence electrons. The van der Waals surface area contributed by atoms with E-state index in [4.69, 9.17) is 5.53 Å². The van der Waals surface area contributed by atoms with Crippen molar-refractivity contribution >= 4 is 23.1 Å². The SMILES string of the molecule is [N-]=[N+]=NCC1CC(=O)N(c2ccnn2Cc2cccs2)C1. The van der Waals surface area contributed by atoms with Gasteiger partial charge >= 0.3 is 0 Å². The Morgan fingerprint density at radius 1 is 1.52 bits per heavy atom. The molecule has 0 aliphatic carbocycles. The van der Waals surface area contributed by atoms with Gasteiger partial charge < -0.3 is 0 Å². The van der Waals surface area contributed by atoms with Crippen molar-refractivity contribution < 1.29 is 4.79 Å². The first kappa shape index (κ1) is 13.7. The molecule has 0 aromatic carbocycles. The van der Waals surface area contributed by atoms with Crippen LogP contribution in [-0.2, 0) is 11.3 Å². The molecule has 2 aromatic heterocycles. The maximum absolute atomic E-state index is 12.2. The number of thiophene rings is 1. The predicted octanol–water partition coefficient (Wildman–Crippen LogP) is 2.66. The van der Waals surface area contributed by atoms with Gasteiger partial charge in [-0.05, 0) is 22.9 Å². The van der Waals surface area contributed by atoms with Gasteiger partial charge in [0.25, 0.3) is 0 Å². The summed E-state index contributed by atoms with van der Waals surface area (Å²) in [6.07, 6.45) is 2.13. The van der Waals surface area contributed by atoms with E-state index in [1.54, 1.807) is 22.4 Å². The molecule has 1 atom stereocenters. The lowest BCUT2D eigenvalue weighted by molar-refractivity contribution is -0.117. The van der Waals surface area contributed by atoms with Crippen LogP contribution in [0.5, 0.6) is 0 Å². The topological polar surface area (TPSA) is 86.9 Å². The minimum Gasteiger partial charge on any atom is -0.297 e. The summed E-state index contributed by atoms with van der Waals surface area (Å²) >= 11 is 1.67. The molecule has 1 aliphatic heterocycles. The normalized spacial score (nSPS) is 18.0. The monoisotopic (exact) mass is 302 g/mol. The lowest BCUT2D eigenvalue weighted by atomic mass is 10.1. The Hall–Kier alpha value is -2.31. The minimum atomic E-state index is 0.0565. The van der Waals surface area contributed by atoms with Crippen molar-refractivity contribution in [2.75, 3.05) is 18.0 Å². The number of nitrogens with zero attached hydrogens (tertiary/aromatic N) is 6. The number of amides is 1. The highest BCUT2D eigenvalue weighted by Crippen LogP contribution is 2.26. The highest BCUT2D eigenvalue weighted by Gasteiger charge is 2.31. The Bertz CT molecular complexity index is 673. The van der Waals surface area contributed by atoms with Crippen molar-refractivity contribution in [3.8, 4) is 0 Å². The molecule has 0 saturated carbocycles. The van der Waals surface area contributed by atoms with E-state index in [1.165, 1.54) is 4.88 Å². The summed E-state index contributed by atoms with van der Waals surface area (Å²) in [6.45, 7) is 1.59. The summed E-state index contributed by atoms with van der Waals surface area (Å²) in [4.78, 5) is 17.8. The van der Waals surface area contributed by atoms with Gasteiger partial charge in [-0.15, -0.1) is 11.3 Å². The largest absolute Gasteiger partial charge is 0.297 e. The van der Waals surface area contributed by atoms with Gasteiger partial charge in [0.15, 0.2) is 0 Å². The number of aromatic nitrogens is 2. The van der Waals surface area contributed by atoms with E-state index >= 15 is 0 Å². The number of azide groups is 1. The second kappa shape index (κ2) is 5.99. The Labute approximate surface area is 125 Å². The third-order valence-electron chi connectivity index (χ3n) is 3.46. The fraction of sp³-hybridized carbons (Fsp3) is 0.385. The summed E-state index contributed by atoms with van der Waals surface area (Å²) in [5, 5.41) is 9.90. The zero-order chi connectivity index (χ0) is 14.7. The third-order valence-corrected chi connectivity index (χ3v) is 4.33. The van der Waals surface area contributed by atoms with Crippen LogP contribution in [0.2, 0.25) is 0 Å². The number of carbonyl (C=O) groups is 1. The van der Waals surface area contributed by atoms with Gasteiger partial charge in [-0.2, -0.15) is 5.10 Å². The van der Waals surface area contributed by atoms with E-state index < -0.39 is 0 Å². The molecular weight excluding hydrogens is 288 g/mol. The van der Waals surface area contributed by atoms with E-state index in [0.29, 0.717) is 26.1 Å². The van der Waals surface area contributed by atoms with Crippen LogP contribution in [0, 0.1) is 5.92 Å². The van der Waals surface area contributed by atoms with Crippen LogP contribution in [0.25, 0.3) is 10.4 Å². The second-order valence-electron chi connectivity index (χ2n) is 4.91. The van der Waals surface area contributed by atoms with Crippen molar-refractivity contribution in [3.05, 3.63) is 45.1 Å². The third kappa shape index (κ3) is 2.91. The maximum Gasteiger partial charge on any atom is 0.228 e. The van der Waals surface area contributed by atoms with Gasteiger partial charge in [-0.1, -0.05) is 11.2 Å². The molecule has 3 rings (SSSR count). The quantitative estimate of drug-likeness (QED) is 0.483. The van der Waals surface area contributed by atoms with Crippen LogP contribution in [0.3, 0.4) is 0 Å². The van der Waals surface area contributed by atoms with E-state index in [2.05, 4.69) is 15.1 Å². The first-order valence-electron chi connectivity index (χ1n) is 6.63. The van der Waals surface area contributed by atoms with Crippen LogP contribution in [0.1, 0.15) is 11.3 Å². The van der Waals surface area contributed by atoms with E-state index in [1.807, 2.05) is 28.3 Å². The van der Waals surface area contributed by atoms with E-state index in [-0.39, 0.29) is 11.8 Å². The Morgan fingerprint density at radius 3 is 3.19 bits per heavy atom. The average molecular weight is 302 g/mol. The van der Waals surface area contributed by atoms with Crippen LogP contribution >= 0.6 is 11.3 Å². The molecule has 1 saturated heterocycles. The minimum absolute atomic E-state index is 0.0565. The molecule has 2 aromatic rings. The molecule has 1 aliphatic rings. The fourth-order valence-electron chi connectivity index (χ4n) is 2.50. The summed E-state index contributed by atoms with van der Waals surface area (Å²) in [5.74, 6) is 0.941. The maximum atomic E-state index is 12.2. The highest BCUT2D eigenvalue weighted by molar-refractivity contribution is 7.09. The fourth-order valence-corrected chi connectivity index (χ4v) is 3.19. The van der Waals surface area contributed by atoms with Crippen LogP contribution in [-0.4, -0.2) is 28.8 Å². The molecule has 0 N–H and O–H groups in total. The van der Waals surface area contributed by atoms with Crippen molar-refractivity contribution in [2.24, 2.45) is 11.0 Å². The van der Waals surface area contributed by atoms with Crippen LogP contribution in [0.15, 0.2) is 34.9 Å². The second-order valence-corrected chi connectivity index (χ2v) is 5.95. The standard InChI is InChI=1S/C13H14N6OS/c14-17-15-7-10-6-13(20)18(8-10)12-3-4-16-19(12)9-11-2-1-5-21-11/h1-5,10H,6-9H2. The molecule has 8 heteroatoms. The van der Waals surface area contributed by atoms with Crippen molar-refractivity contribution in [2.45, 2.75) is 13.0 Å². The van der Waals surface area contributed by atoms with E-state index in [9.17, 15) is 4.79 Å². The first-order chi connectivity index (χ1) is 10.3.